The van der Waals surface area contributed by atoms with E-state index in [1.165, 1.54) is 32.1 Å². The van der Waals surface area contributed by atoms with Crippen LogP contribution >= 0.6 is 0 Å². The van der Waals surface area contributed by atoms with E-state index in [4.69, 9.17) is 4.18 Å². The average molecular weight is 324 g/mol. The molecular weight excluding hydrogens is 296 g/mol. The Morgan fingerprint density at radius 1 is 1.14 bits per heavy atom. The summed E-state index contributed by atoms with van der Waals surface area (Å²) in [6.07, 6.45) is 8.62. The van der Waals surface area contributed by atoms with Crippen molar-refractivity contribution in [3.8, 4) is 0 Å². The van der Waals surface area contributed by atoms with Gasteiger partial charge in [0.1, 0.15) is 0 Å². The third-order valence-corrected chi connectivity index (χ3v) is 6.13. The van der Waals surface area contributed by atoms with Crippen molar-refractivity contribution in [2.45, 2.75) is 63.7 Å². The van der Waals surface area contributed by atoms with Gasteiger partial charge in [0.15, 0.2) is 0 Å². The van der Waals surface area contributed by atoms with Crippen molar-refractivity contribution in [2.75, 3.05) is 6.61 Å². The van der Waals surface area contributed by atoms with Gasteiger partial charge in [0.05, 0.1) is 11.5 Å². The zero-order valence-electron chi connectivity index (χ0n) is 13.8. The van der Waals surface area contributed by atoms with Crippen LogP contribution in [0.2, 0.25) is 0 Å². The Morgan fingerprint density at radius 2 is 1.77 bits per heavy atom. The second-order valence-corrected chi connectivity index (χ2v) is 8.22. The third kappa shape index (κ3) is 5.10. The minimum atomic E-state index is -3.60. The molecule has 1 fully saturated rings. The fourth-order valence-corrected chi connectivity index (χ4v) is 4.23. The van der Waals surface area contributed by atoms with Crippen LogP contribution in [-0.4, -0.2) is 15.0 Å². The van der Waals surface area contributed by atoms with Gasteiger partial charge in [0.25, 0.3) is 10.1 Å². The van der Waals surface area contributed by atoms with Crippen molar-refractivity contribution in [3.05, 3.63) is 29.8 Å². The summed E-state index contributed by atoms with van der Waals surface area (Å²) in [4.78, 5) is 0.249. The average Bonchev–Trinajstić information content (AvgIpc) is 2.52. The van der Waals surface area contributed by atoms with Crippen LogP contribution in [0.4, 0.5) is 0 Å². The minimum Gasteiger partial charge on any atom is -0.266 e. The van der Waals surface area contributed by atoms with E-state index in [0.717, 1.165) is 24.3 Å². The van der Waals surface area contributed by atoms with Crippen LogP contribution < -0.4 is 0 Å². The summed E-state index contributed by atoms with van der Waals surface area (Å²) in [5.41, 5.74) is 1.04. The SMILES string of the molecule is Cc1ccc(S(=O)(=O)OCCCC(C)C2CCCCC2)cc1. The first-order valence-electron chi connectivity index (χ1n) is 8.45. The molecule has 1 aliphatic carbocycles. The maximum atomic E-state index is 12.1. The standard InChI is InChI=1S/C18H28O3S/c1-15-10-12-18(13-11-15)22(19,20)21-14-6-7-16(2)17-8-4-3-5-9-17/h10-13,16-17H,3-9,14H2,1-2H3. The van der Waals surface area contributed by atoms with Crippen LogP contribution in [0, 0.1) is 18.8 Å². The zero-order valence-corrected chi connectivity index (χ0v) is 14.6. The van der Waals surface area contributed by atoms with E-state index in [-0.39, 0.29) is 11.5 Å². The number of aryl methyl sites for hydroxylation is 1. The van der Waals surface area contributed by atoms with Crippen molar-refractivity contribution < 1.29 is 12.6 Å². The Balaban J connectivity index is 1.74. The molecule has 0 N–H and O–H groups in total. The van der Waals surface area contributed by atoms with Crippen molar-refractivity contribution >= 4 is 10.1 Å². The van der Waals surface area contributed by atoms with E-state index in [2.05, 4.69) is 6.92 Å². The molecule has 0 amide bonds. The zero-order chi connectivity index (χ0) is 16.0. The van der Waals surface area contributed by atoms with E-state index in [0.29, 0.717) is 5.92 Å². The molecule has 0 radical (unpaired) electrons. The quantitative estimate of drug-likeness (QED) is 0.539. The van der Waals surface area contributed by atoms with Crippen molar-refractivity contribution in [1.29, 1.82) is 0 Å². The van der Waals surface area contributed by atoms with Crippen molar-refractivity contribution in [1.82, 2.24) is 0 Å². The van der Waals surface area contributed by atoms with Crippen molar-refractivity contribution in [3.63, 3.8) is 0 Å². The molecule has 0 saturated heterocycles. The number of hydrogen-bond acceptors (Lipinski definition) is 3. The first-order chi connectivity index (χ1) is 10.5. The summed E-state index contributed by atoms with van der Waals surface area (Å²) >= 11 is 0. The maximum absolute atomic E-state index is 12.1. The lowest BCUT2D eigenvalue weighted by Gasteiger charge is -2.27. The molecule has 124 valence electrons. The highest BCUT2D eigenvalue weighted by molar-refractivity contribution is 7.86. The predicted octanol–water partition coefficient (Wildman–Crippen LogP) is 4.70. The molecule has 0 aliphatic heterocycles. The fraction of sp³-hybridized carbons (Fsp3) is 0.667. The molecule has 0 spiro atoms. The van der Waals surface area contributed by atoms with Gasteiger partial charge >= 0.3 is 0 Å². The topological polar surface area (TPSA) is 43.4 Å². The summed E-state index contributed by atoms with van der Waals surface area (Å²) in [6, 6.07) is 6.80. The first-order valence-corrected chi connectivity index (χ1v) is 9.86. The van der Waals surface area contributed by atoms with Gasteiger partial charge < -0.3 is 0 Å². The molecular formula is C18H28O3S. The van der Waals surface area contributed by atoms with Crippen LogP contribution in [0.1, 0.15) is 57.4 Å². The Kier molecular flexibility index (Phi) is 6.45. The molecule has 3 nitrogen and oxygen atoms in total. The lowest BCUT2D eigenvalue weighted by Crippen LogP contribution is -2.16. The molecule has 22 heavy (non-hydrogen) atoms. The monoisotopic (exact) mass is 324 g/mol. The van der Waals surface area contributed by atoms with Gasteiger partial charge in [0, 0.05) is 0 Å². The summed E-state index contributed by atoms with van der Waals surface area (Å²) in [7, 11) is -3.60. The van der Waals surface area contributed by atoms with Gasteiger partial charge in [-0.05, 0) is 43.7 Å². The van der Waals surface area contributed by atoms with Gasteiger partial charge in [-0.15, -0.1) is 0 Å². The van der Waals surface area contributed by atoms with Crippen molar-refractivity contribution in [2.24, 2.45) is 11.8 Å². The third-order valence-electron chi connectivity index (χ3n) is 4.81. The van der Waals surface area contributed by atoms with Crippen LogP contribution in [-0.2, 0) is 14.3 Å². The summed E-state index contributed by atoms with van der Waals surface area (Å²) in [5.74, 6) is 1.49. The second kappa shape index (κ2) is 8.11. The van der Waals surface area contributed by atoms with Crippen LogP contribution in [0.15, 0.2) is 29.2 Å². The van der Waals surface area contributed by atoms with Crippen LogP contribution in [0.25, 0.3) is 0 Å². The largest absolute Gasteiger partial charge is 0.296 e. The molecule has 0 aromatic heterocycles. The molecule has 1 atom stereocenters. The van der Waals surface area contributed by atoms with Gasteiger partial charge in [-0.2, -0.15) is 8.42 Å². The van der Waals surface area contributed by atoms with Crippen LogP contribution in [0.3, 0.4) is 0 Å². The molecule has 4 heteroatoms. The highest BCUT2D eigenvalue weighted by Gasteiger charge is 2.20. The molecule has 1 aliphatic rings. The van der Waals surface area contributed by atoms with E-state index in [1.807, 2.05) is 6.92 Å². The molecule has 1 unspecified atom stereocenters. The second-order valence-electron chi connectivity index (χ2n) is 6.61. The van der Waals surface area contributed by atoms with E-state index in [9.17, 15) is 8.42 Å². The Labute approximate surface area is 135 Å². The molecule has 1 saturated carbocycles. The molecule has 1 aromatic rings. The summed E-state index contributed by atoms with van der Waals surface area (Å²) in [6.45, 7) is 4.52. The van der Waals surface area contributed by atoms with Gasteiger partial charge in [-0.3, -0.25) is 4.18 Å². The molecule has 2 rings (SSSR count). The van der Waals surface area contributed by atoms with Gasteiger partial charge in [0.2, 0.25) is 0 Å². The summed E-state index contributed by atoms with van der Waals surface area (Å²) < 4.78 is 29.3. The van der Waals surface area contributed by atoms with E-state index >= 15 is 0 Å². The molecule has 0 heterocycles. The van der Waals surface area contributed by atoms with Crippen LogP contribution in [0.5, 0.6) is 0 Å². The Hall–Kier alpha value is -0.870. The Morgan fingerprint density at radius 3 is 2.41 bits per heavy atom. The lowest BCUT2D eigenvalue weighted by atomic mass is 9.79. The molecule has 0 bridgehead atoms. The number of rotatable bonds is 7. The smallest absolute Gasteiger partial charge is 0.266 e. The fourth-order valence-electron chi connectivity index (χ4n) is 3.29. The van der Waals surface area contributed by atoms with E-state index < -0.39 is 10.1 Å². The number of hydrogen-bond donors (Lipinski definition) is 0. The number of benzene rings is 1. The highest BCUT2D eigenvalue weighted by atomic mass is 32.2. The molecule has 1 aromatic carbocycles. The normalized spacial score (nSPS) is 18.3. The van der Waals surface area contributed by atoms with Gasteiger partial charge in [-0.25, -0.2) is 0 Å². The maximum Gasteiger partial charge on any atom is 0.296 e. The summed E-state index contributed by atoms with van der Waals surface area (Å²) in [5, 5.41) is 0. The Bertz CT molecular complexity index is 542. The van der Waals surface area contributed by atoms with E-state index in [1.54, 1.807) is 24.3 Å². The lowest BCUT2D eigenvalue weighted by molar-refractivity contribution is 0.230. The highest BCUT2D eigenvalue weighted by Crippen LogP contribution is 2.32. The first kappa shape index (κ1) is 17.5. The minimum absolute atomic E-state index is 0.249. The predicted molar refractivity (Wildman–Crippen MR) is 89.3 cm³/mol. The van der Waals surface area contributed by atoms with Gasteiger partial charge in [-0.1, -0.05) is 56.7 Å².